The number of nitrogens with zero attached hydrogens (tertiary/aromatic N) is 2. The van der Waals surface area contributed by atoms with E-state index in [2.05, 4.69) is 49.1 Å². The van der Waals surface area contributed by atoms with Crippen molar-refractivity contribution in [1.29, 1.82) is 0 Å². The highest BCUT2D eigenvalue weighted by molar-refractivity contribution is 5.91. The summed E-state index contributed by atoms with van der Waals surface area (Å²) in [5.41, 5.74) is 1.14. The van der Waals surface area contributed by atoms with Crippen LogP contribution in [-0.4, -0.2) is 40.7 Å². The van der Waals surface area contributed by atoms with Crippen molar-refractivity contribution in [1.82, 2.24) is 9.80 Å². The van der Waals surface area contributed by atoms with Gasteiger partial charge in [-0.25, -0.2) is 0 Å². The molecule has 2 saturated heterocycles. The van der Waals surface area contributed by atoms with Crippen LogP contribution in [0.2, 0.25) is 0 Å². The van der Waals surface area contributed by atoms with E-state index in [0.29, 0.717) is 18.2 Å². The van der Waals surface area contributed by atoms with Gasteiger partial charge in [-0.2, -0.15) is 0 Å². The molecule has 1 saturated carbocycles. The Labute approximate surface area is 162 Å². The normalized spacial score (nSPS) is 25.3. The predicted octanol–water partition coefficient (Wildman–Crippen LogP) is 4.17. The lowest BCUT2D eigenvalue weighted by atomic mass is 9.65. The van der Waals surface area contributed by atoms with Crippen molar-refractivity contribution in [2.24, 2.45) is 11.3 Å². The van der Waals surface area contributed by atoms with Crippen molar-refractivity contribution in [3.8, 4) is 0 Å². The van der Waals surface area contributed by atoms with Gasteiger partial charge >= 0.3 is 0 Å². The van der Waals surface area contributed by atoms with Gasteiger partial charge in [0, 0.05) is 25.6 Å². The molecule has 1 aromatic rings. The smallest absolute Gasteiger partial charge is 0.232 e. The molecule has 4 nitrogen and oxygen atoms in total. The van der Waals surface area contributed by atoms with E-state index in [4.69, 9.17) is 0 Å². The molecule has 0 bridgehead atoms. The topological polar surface area (TPSA) is 40.6 Å². The Morgan fingerprint density at radius 1 is 1.11 bits per heavy atom. The summed E-state index contributed by atoms with van der Waals surface area (Å²) in [5, 5.41) is 0. The third kappa shape index (κ3) is 3.17. The highest BCUT2D eigenvalue weighted by Crippen LogP contribution is 2.60. The highest BCUT2D eigenvalue weighted by atomic mass is 16.2. The molecule has 27 heavy (non-hydrogen) atoms. The molecule has 0 radical (unpaired) electrons. The summed E-state index contributed by atoms with van der Waals surface area (Å²) in [6, 6.07) is 11.1. The number of hydrogen-bond acceptors (Lipinski definition) is 2. The van der Waals surface area contributed by atoms with E-state index >= 15 is 0 Å². The molecule has 2 heterocycles. The number of carbonyl (C=O) groups excluding carboxylic acids is 2. The largest absolute Gasteiger partial charge is 0.343 e. The molecule has 4 rings (SSSR count). The van der Waals surface area contributed by atoms with Crippen molar-refractivity contribution < 1.29 is 9.59 Å². The van der Waals surface area contributed by atoms with Crippen LogP contribution in [0, 0.1) is 11.3 Å². The molecule has 4 heteroatoms. The zero-order chi connectivity index (χ0) is 19.0. The van der Waals surface area contributed by atoms with Crippen LogP contribution in [0.1, 0.15) is 70.4 Å². The lowest BCUT2D eigenvalue weighted by molar-refractivity contribution is -0.181. The monoisotopic (exact) mass is 368 g/mol. The molecule has 1 aliphatic carbocycles. The van der Waals surface area contributed by atoms with Crippen LogP contribution in [-0.2, 0) is 9.59 Å². The lowest BCUT2D eigenvalue weighted by Crippen LogP contribution is -2.66. The van der Waals surface area contributed by atoms with Gasteiger partial charge in [0.05, 0.1) is 11.5 Å². The maximum atomic E-state index is 13.3. The molecule has 3 fully saturated rings. The average molecular weight is 369 g/mol. The number of β-lactam (4-membered cyclic amide) rings is 1. The van der Waals surface area contributed by atoms with Crippen LogP contribution >= 0.6 is 0 Å². The summed E-state index contributed by atoms with van der Waals surface area (Å²) >= 11 is 0. The Morgan fingerprint density at radius 2 is 1.74 bits per heavy atom. The first-order valence-electron chi connectivity index (χ1n) is 10.7. The van der Waals surface area contributed by atoms with Crippen LogP contribution in [0.5, 0.6) is 0 Å². The number of rotatable bonds is 4. The molecule has 2 amide bonds. The summed E-state index contributed by atoms with van der Waals surface area (Å²) in [7, 11) is 0. The SMILES string of the molecule is CC(C)CC(=O)N1CCC(N2C(=O)C3(CCCC3)C2c2ccccc2)CC1. The molecule has 1 atom stereocenters. The highest BCUT2D eigenvalue weighted by Gasteiger charge is 2.63. The predicted molar refractivity (Wildman–Crippen MR) is 106 cm³/mol. The van der Waals surface area contributed by atoms with Gasteiger partial charge in [-0.15, -0.1) is 0 Å². The third-order valence-electron chi connectivity index (χ3n) is 6.87. The van der Waals surface area contributed by atoms with Crippen molar-refractivity contribution in [2.45, 2.75) is 70.9 Å². The van der Waals surface area contributed by atoms with Crippen molar-refractivity contribution >= 4 is 11.8 Å². The van der Waals surface area contributed by atoms with Crippen LogP contribution in [0.15, 0.2) is 30.3 Å². The van der Waals surface area contributed by atoms with Gasteiger partial charge in [0.1, 0.15) is 0 Å². The van der Waals surface area contributed by atoms with Crippen molar-refractivity contribution in [3.05, 3.63) is 35.9 Å². The van der Waals surface area contributed by atoms with Gasteiger partial charge in [-0.3, -0.25) is 9.59 Å². The van der Waals surface area contributed by atoms with E-state index < -0.39 is 0 Å². The minimum Gasteiger partial charge on any atom is -0.343 e. The van der Waals surface area contributed by atoms with Crippen LogP contribution < -0.4 is 0 Å². The first-order valence-corrected chi connectivity index (χ1v) is 10.7. The Morgan fingerprint density at radius 3 is 2.33 bits per heavy atom. The fourth-order valence-corrected chi connectivity index (χ4v) is 5.55. The molecular formula is C23H32N2O2. The Hall–Kier alpha value is -1.84. The molecule has 2 aliphatic heterocycles. The maximum Gasteiger partial charge on any atom is 0.232 e. The van der Waals surface area contributed by atoms with E-state index in [1.165, 1.54) is 18.4 Å². The van der Waals surface area contributed by atoms with E-state index in [0.717, 1.165) is 38.8 Å². The second-order valence-corrected chi connectivity index (χ2v) is 9.10. The number of likely N-dealkylation sites (tertiary alicyclic amines) is 2. The van der Waals surface area contributed by atoms with Gasteiger partial charge in [0.2, 0.25) is 11.8 Å². The zero-order valence-corrected chi connectivity index (χ0v) is 16.7. The Bertz CT molecular complexity index is 686. The molecule has 3 aliphatic rings. The van der Waals surface area contributed by atoms with Gasteiger partial charge in [-0.1, -0.05) is 57.0 Å². The molecule has 0 aromatic heterocycles. The first kappa shape index (κ1) is 18.5. The molecule has 0 N–H and O–H groups in total. The molecule has 1 aromatic carbocycles. The summed E-state index contributed by atoms with van der Waals surface area (Å²) < 4.78 is 0. The average Bonchev–Trinajstić information content (AvgIpc) is 3.18. The van der Waals surface area contributed by atoms with E-state index in [-0.39, 0.29) is 23.4 Å². The standard InChI is InChI=1S/C23H32N2O2/c1-17(2)16-20(26)24-14-10-19(11-15-24)25-21(18-8-4-3-5-9-18)23(22(25)27)12-6-7-13-23/h3-5,8-9,17,19,21H,6-7,10-16H2,1-2H3. The maximum absolute atomic E-state index is 13.3. The van der Waals surface area contributed by atoms with Crippen molar-refractivity contribution in [3.63, 3.8) is 0 Å². The second-order valence-electron chi connectivity index (χ2n) is 9.10. The number of amides is 2. The summed E-state index contributed by atoms with van der Waals surface area (Å²) in [6.07, 6.45) is 6.87. The first-order chi connectivity index (χ1) is 13.0. The van der Waals surface area contributed by atoms with Crippen LogP contribution in [0.25, 0.3) is 0 Å². The molecule has 1 unspecified atom stereocenters. The number of hydrogen-bond donors (Lipinski definition) is 0. The summed E-state index contributed by atoms with van der Waals surface area (Å²) in [4.78, 5) is 29.8. The Balaban J connectivity index is 1.48. The minimum absolute atomic E-state index is 0.147. The summed E-state index contributed by atoms with van der Waals surface area (Å²) in [6.45, 7) is 5.76. The number of piperidine rings is 1. The van der Waals surface area contributed by atoms with E-state index in [9.17, 15) is 9.59 Å². The van der Waals surface area contributed by atoms with Gasteiger partial charge < -0.3 is 9.80 Å². The minimum atomic E-state index is -0.147. The molecular weight excluding hydrogens is 336 g/mol. The number of carbonyl (C=O) groups is 2. The van der Waals surface area contributed by atoms with Gasteiger partial charge in [0.25, 0.3) is 0 Å². The number of benzene rings is 1. The van der Waals surface area contributed by atoms with Gasteiger partial charge in [0.15, 0.2) is 0 Å². The third-order valence-corrected chi connectivity index (χ3v) is 6.87. The zero-order valence-electron chi connectivity index (χ0n) is 16.7. The molecule has 1 spiro atoms. The van der Waals surface area contributed by atoms with E-state index in [1.807, 2.05) is 4.90 Å². The Kier molecular flexibility index (Phi) is 5.00. The fraction of sp³-hybridized carbons (Fsp3) is 0.652. The quantitative estimate of drug-likeness (QED) is 0.749. The lowest BCUT2D eigenvalue weighted by Gasteiger charge is -2.59. The fourth-order valence-electron chi connectivity index (χ4n) is 5.55. The van der Waals surface area contributed by atoms with Crippen molar-refractivity contribution in [2.75, 3.05) is 13.1 Å². The van der Waals surface area contributed by atoms with Crippen LogP contribution in [0.4, 0.5) is 0 Å². The summed E-state index contributed by atoms with van der Waals surface area (Å²) in [5.74, 6) is 1.04. The molecule has 146 valence electrons. The van der Waals surface area contributed by atoms with E-state index in [1.54, 1.807) is 0 Å². The second kappa shape index (κ2) is 7.29. The van der Waals surface area contributed by atoms with Gasteiger partial charge in [-0.05, 0) is 37.2 Å². The van der Waals surface area contributed by atoms with Crippen LogP contribution in [0.3, 0.4) is 0 Å².